The fourth-order valence-corrected chi connectivity index (χ4v) is 4.26. The molecular formula is C24H20FNO5. The number of hydrogen-bond acceptors (Lipinski definition) is 5. The summed E-state index contributed by atoms with van der Waals surface area (Å²) < 4.78 is 32.4. The Hall–Kier alpha value is -3.61. The topological polar surface area (TPSA) is 77.9 Å². The third-order valence-corrected chi connectivity index (χ3v) is 5.67. The molecule has 2 aliphatic rings. The molecule has 5 rings (SSSR count). The Labute approximate surface area is 178 Å². The van der Waals surface area contributed by atoms with Gasteiger partial charge < -0.3 is 19.3 Å². The number of fused-ring (bicyclic) bond motifs is 2. The van der Waals surface area contributed by atoms with E-state index in [1.54, 1.807) is 42.7 Å². The molecule has 0 saturated carbocycles. The molecule has 2 heterocycles. The fraction of sp³-hybridized carbons (Fsp3) is 0.250. The van der Waals surface area contributed by atoms with Crippen molar-refractivity contribution in [2.24, 2.45) is 0 Å². The summed E-state index contributed by atoms with van der Waals surface area (Å²) in [6, 6.07) is 12.0. The van der Waals surface area contributed by atoms with Gasteiger partial charge in [-0.1, -0.05) is 6.07 Å². The van der Waals surface area contributed by atoms with E-state index in [1.807, 2.05) is 6.07 Å². The van der Waals surface area contributed by atoms with Crippen molar-refractivity contribution in [3.63, 3.8) is 0 Å². The van der Waals surface area contributed by atoms with E-state index < -0.39 is 12.1 Å². The molecule has 7 heteroatoms. The Kier molecular flexibility index (Phi) is 4.94. The van der Waals surface area contributed by atoms with E-state index in [4.69, 9.17) is 19.3 Å². The van der Waals surface area contributed by atoms with Crippen molar-refractivity contribution in [2.75, 3.05) is 6.61 Å². The van der Waals surface area contributed by atoms with Gasteiger partial charge in [-0.25, -0.2) is 4.39 Å². The summed E-state index contributed by atoms with van der Waals surface area (Å²) in [4.78, 5) is 15.1. The zero-order valence-corrected chi connectivity index (χ0v) is 16.6. The predicted molar refractivity (Wildman–Crippen MR) is 109 cm³/mol. The van der Waals surface area contributed by atoms with Gasteiger partial charge >= 0.3 is 5.97 Å². The SMILES string of the molecule is O=C(O)CC1COc2cc(OC3CCc4c(Oc5cccnc5)ccc(F)c43)ccc21. The molecular weight excluding hydrogens is 401 g/mol. The monoisotopic (exact) mass is 421 g/mol. The molecule has 31 heavy (non-hydrogen) atoms. The number of hydrogen-bond donors (Lipinski definition) is 1. The molecule has 1 aliphatic heterocycles. The van der Waals surface area contributed by atoms with E-state index in [0.717, 1.165) is 11.1 Å². The Morgan fingerprint density at radius 2 is 2.13 bits per heavy atom. The molecule has 0 spiro atoms. The van der Waals surface area contributed by atoms with E-state index in [-0.39, 0.29) is 18.2 Å². The van der Waals surface area contributed by atoms with Crippen LogP contribution in [0.2, 0.25) is 0 Å². The second-order valence-corrected chi connectivity index (χ2v) is 7.68. The molecule has 0 fully saturated rings. The van der Waals surface area contributed by atoms with Gasteiger partial charge in [-0.15, -0.1) is 0 Å². The summed E-state index contributed by atoms with van der Waals surface area (Å²) >= 11 is 0. The summed E-state index contributed by atoms with van der Waals surface area (Å²) in [6.07, 6.45) is 4.11. The lowest BCUT2D eigenvalue weighted by atomic mass is 9.98. The number of nitrogens with zero attached hydrogens (tertiary/aromatic N) is 1. The Morgan fingerprint density at radius 1 is 1.23 bits per heavy atom. The summed E-state index contributed by atoms with van der Waals surface area (Å²) in [5.41, 5.74) is 2.17. The second-order valence-electron chi connectivity index (χ2n) is 7.68. The second kappa shape index (κ2) is 7.91. The Bertz CT molecular complexity index is 1130. The van der Waals surface area contributed by atoms with Crippen LogP contribution >= 0.6 is 0 Å². The minimum absolute atomic E-state index is 0.0220. The van der Waals surface area contributed by atoms with Gasteiger partial charge in [-0.05, 0) is 43.2 Å². The van der Waals surface area contributed by atoms with Crippen LogP contribution < -0.4 is 14.2 Å². The zero-order chi connectivity index (χ0) is 21.4. The van der Waals surface area contributed by atoms with Crippen LogP contribution in [0.1, 0.15) is 41.6 Å². The number of carboxylic acid groups (broad SMARTS) is 1. The van der Waals surface area contributed by atoms with Gasteiger partial charge in [0.05, 0.1) is 19.2 Å². The molecule has 1 aromatic heterocycles. The van der Waals surface area contributed by atoms with Gasteiger partial charge in [0.2, 0.25) is 0 Å². The highest BCUT2D eigenvalue weighted by Crippen LogP contribution is 2.44. The first-order valence-electron chi connectivity index (χ1n) is 10.1. The quantitative estimate of drug-likeness (QED) is 0.602. The van der Waals surface area contributed by atoms with E-state index in [9.17, 15) is 9.18 Å². The molecule has 6 nitrogen and oxygen atoms in total. The number of halogens is 1. The number of aromatic nitrogens is 1. The molecule has 158 valence electrons. The normalized spacial score (nSPS) is 18.7. The van der Waals surface area contributed by atoms with Gasteiger partial charge in [0, 0.05) is 34.9 Å². The third kappa shape index (κ3) is 3.79. The first kappa shape index (κ1) is 19.4. The summed E-state index contributed by atoms with van der Waals surface area (Å²) in [5.74, 6) is 1.02. The number of ether oxygens (including phenoxy) is 3. The van der Waals surface area contributed by atoms with Crippen LogP contribution in [-0.2, 0) is 11.2 Å². The minimum Gasteiger partial charge on any atom is -0.492 e. The summed E-state index contributed by atoms with van der Waals surface area (Å²) in [7, 11) is 0. The zero-order valence-electron chi connectivity index (χ0n) is 16.6. The number of benzene rings is 2. The molecule has 1 aliphatic carbocycles. The Morgan fingerprint density at radius 3 is 2.94 bits per heavy atom. The molecule has 2 aromatic carbocycles. The van der Waals surface area contributed by atoms with Gasteiger partial charge in [-0.2, -0.15) is 0 Å². The van der Waals surface area contributed by atoms with Crippen LogP contribution in [0.25, 0.3) is 0 Å². The van der Waals surface area contributed by atoms with Crippen molar-refractivity contribution in [3.05, 3.63) is 77.4 Å². The van der Waals surface area contributed by atoms with Gasteiger partial charge in [0.1, 0.15) is 34.9 Å². The van der Waals surface area contributed by atoms with Gasteiger partial charge in [0.25, 0.3) is 0 Å². The van der Waals surface area contributed by atoms with Crippen LogP contribution in [-0.4, -0.2) is 22.7 Å². The average molecular weight is 421 g/mol. The van der Waals surface area contributed by atoms with E-state index in [1.165, 1.54) is 6.07 Å². The lowest BCUT2D eigenvalue weighted by Crippen LogP contribution is -2.07. The maximum atomic E-state index is 14.7. The highest BCUT2D eigenvalue weighted by atomic mass is 19.1. The molecule has 0 amide bonds. The molecule has 0 radical (unpaired) electrons. The van der Waals surface area contributed by atoms with Crippen molar-refractivity contribution < 1.29 is 28.5 Å². The first-order valence-corrected chi connectivity index (χ1v) is 10.1. The number of pyridine rings is 1. The van der Waals surface area contributed by atoms with Crippen LogP contribution in [0.15, 0.2) is 54.9 Å². The van der Waals surface area contributed by atoms with Crippen molar-refractivity contribution in [2.45, 2.75) is 31.3 Å². The summed E-state index contributed by atoms with van der Waals surface area (Å²) in [5, 5.41) is 9.05. The fourth-order valence-electron chi connectivity index (χ4n) is 4.26. The van der Waals surface area contributed by atoms with Crippen molar-refractivity contribution in [1.82, 2.24) is 4.98 Å². The van der Waals surface area contributed by atoms with E-state index >= 15 is 0 Å². The molecule has 2 unspecified atom stereocenters. The maximum absolute atomic E-state index is 14.7. The lowest BCUT2D eigenvalue weighted by molar-refractivity contribution is -0.137. The number of carbonyl (C=O) groups is 1. The number of carboxylic acids is 1. The number of aliphatic carboxylic acids is 1. The van der Waals surface area contributed by atoms with Crippen LogP contribution in [0.5, 0.6) is 23.0 Å². The highest BCUT2D eigenvalue weighted by Gasteiger charge is 2.32. The highest BCUT2D eigenvalue weighted by molar-refractivity contribution is 5.68. The van der Waals surface area contributed by atoms with Crippen molar-refractivity contribution >= 4 is 5.97 Å². The average Bonchev–Trinajstić information content (AvgIpc) is 3.36. The van der Waals surface area contributed by atoms with Gasteiger partial charge in [0.15, 0.2) is 0 Å². The van der Waals surface area contributed by atoms with Gasteiger partial charge in [-0.3, -0.25) is 9.78 Å². The molecule has 2 atom stereocenters. The van der Waals surface area contributed by atoms with E-state index in [0.29, 0.717) is 48.0 Å². The molecule has 0 bridgehead atoms. The molecule has 3 aromatic rings. The third-order valence-electron chi connectivity index (χ3n) is 5.67. The largest absolute Gasteiger partial charge is 0.492 e. The Balaban J connectivity index is 1.37. The predicted octanol–water partition coefficient (Wildman–Crippen LogP) is 5.03. The molecule has 1 N–H and O–H groups in total. The van der Waals surface area contributed by atoms with Crippen LogP contribution in [0, 0.1) is 5.82 Å². The summed E-state index contributed by atoms with van der Waals surface area (Å²) in [6.45, 7) is 0.334. The minimum atomic E-state index is -0.857. The standard InChI is InChI=1S/C24H20FNO5/c25-19-6-8-20(31-16-2-1-9-26-12-16)18-5-7-21(24(18)19)30-15-3-4-17-14(10-23(27)28)13-29-22(17)11-15/h1-4,6,8-9,11-12,14,21H,5,7,10,13H2,(H,27,28). The lowest BCUT2D eigenvalue weighted by Gasteiger charge is -2.17. The smallest absolute Gasteiger partial charge is 0.304 e. The van der Waals surface area contributed by atoms with Crippen LogP contribution in [0.4, 0.5) is 4.39 Å². The van der Waals surface area contributed by atoms with Crippen molar-refractivity contribution in [3.8, 4) is 23.0 Å². The first-order chi connectivity index (χ1) is 15.1. The molecule has 0 saturated heterocycles. The maximum Gasteiger partial charge on any atom is 0.304 e. The van der Waals surface area contributed by atoms with Crippen LogP contribution in [0.3, 0.4) is 0 Å². The van der Waals surface area contributed by atoms with E-state index in [2.05, 4.69) is 4.98 Å². The van der Waals surface area contributed by atoms with Crippen molar-refractivity contribution in [1.29, 1.82) is 0 Å². The number of rotatable bonds is 6.